The van der Waals surface area contributed by atoms with E-state index in [0.717, 1.165) is 18.2 Å². The van der Waals surface area contributed by atoms with Gasteiger partial charge in [0.2, 0.25) is 11.5 Å². The molecule has 0 spiro atoms. The molecule has 1 saturated heterocycles. The number of fused-ring (bicyclic) bond motifs is 1. The molecular formula is C20H26N4O3. The van der Waals surface area contributed by atoms with Crippen LogP contribution in [0.2, 0.25) is 0 Å². The van der Waals surface area contributed by atoms with Gasteiger partial charge in [-0.2, -0.15) is 0 Å². The van der Waals surface area contributed by atoms with Crippen LogP contribution in [0.4, 0.5) is 0 Å². The fourth-order valence-electron chi connectivity index (χ4n) is 3.70. The highest BCUT2D eigenvalue weighted by Gasteiger charge is 2.28. The zero-order valence-corrected chi connectivity index (χ0v) is 15.7. The third-order valence-electron chi connectivity index (χ3n) is 5.30. The Morgan fingerprint density at radius 1 is 1.22 bits per heavy atom. The van der Waals surface area contributed by atoms with Crippen molar-refractivity contribution in [3.8, 4) is 0 Å². The van der Waals surface area contributed by atoms with Crippen molar-refractivity contribution < 1.29 is 9.59 Å². The minimum absolute atomic E-state index is 0.0277. The van der Waals surface area contributed by atoms with Crippen LogP contribution in [-0.2, 0) is 4.79 Å². The van der Waals surface area contributed by atoms with Crippen LogP contribution >= 0.6 is 0 Å². The lowest BCUT2D eigenvalue weighted by atomic mass is 9.90. The molecule has 3 rings (SSSR count). The molecule has 0 bridgehead atoms. The molecule has 7 nitrogen and oxygen atoms in total. The summed E-state index contributed by atoms with van der Waals surface area (Å²) >= 11 is 0. The summed E-state index contributed by atoms with van der Waals surface area (Å²) in [6.07, 6.45) is 1.63. The fraction of sp³-hybridized carbons (Fsp3) is 0.450. The molecule has 2 unspecified atom stereocenters. The number of nitrogens with zero attached hydrogens (tertiary/aromatic N) is 1. The first-order chi connectivity index (χ1) is 12.9. The van der Waals surface area contributed by atoms with Crippen LogP contribution in [-0.4, -0.2) is 46.9 Å². The summed E-state index contributed by atoms with van der Waals surface area (Å²) in [5, 5.41) is 3.75. The zero-order valence-electron chi connectivity index (χ0n) is 15.7. The number of pyridine rings is 1. The van der Waals surface area contributed by atoms with Gasteiger partial charge >= 0.3 is 0 Å². The molecule has 7 heteroatoms. The highest BCUT2D eigenvalue weighted by atomic mass is 16.2. The van der Waals surface area contributed by atoms with Crippen LogP contribution in [0, 0.1) is 5.92 Å². The monoisotopic (exact) mass is 370 g/mol. The Labute approximate surface area is 157 Å². The van der Waals surface area contributed by atoms with Crippen molar-refractivity contribution in [2.75, 3.05) is 13.1 Å². The lowest BCUT2D eigenvalue weighted by Gasteiger charge is -2.35. The van der Waals surface area contributed by atoms with Crippen LogP contribution in [0.25, 0.3) is 10.9 Å². The number of aromatic nitrogens is 1. The van der Waals surface area contributed by atoms with Gasteiger partial charge in [-0.05, 0) is 38.7 Å². The van der Waals surface area contributed by atoms with Gasteiger partial charge in [-0.3, -0.25) is 14.4 Å². The van der Waals surface area contributed by atoms with E-state index in [1.807, 2.05) is 25.1 Å². The number of likely N-dealkylation sites (tertiary alicyclic amines) is 1. The Hall–Kier alpha value is -2.67. The van der Waals surface area contributed by atoms with Crippen LogP contribution in [0.15, 0.2) is 35.1 Å². The number of benzene rings is 1. The van der Waals surface area contributed by atoms with Gasteiger partial charge in [0.25, 0.3) is 5.91 Å². The third kappa shape index (κ3) is 4.19. The van der Waals surface area contributed by atoms with Gasteiger partial charge in [0.15, 0.2) is 0 Å². The Kier molecular flexibility index (Phi) is 5.60. The smallest absolute Gasteiger partial charge is 0.252 e. The lowest BCUT2D eigenvalue weighted by Crippen LogP contribution is -2.49. The number of nitrogens with two attached hydrogens (primary N) is 1. The molecule has 144 valence electrons. The molecule has 27 heavy (non-hydrogen) atoms. The van der Waals surface area contributed by atoms with E-state index in [1.165, 1.54) is 6.07 Å². The number of hydrogen-bond acceptors (Lipinski definition) is 4. The molecule has 2 atom stereocenters. The van der Waals surface area contributed by atoms with Gasteiger partial charge in [-0.1, -0.05) is 18.2 Å². The van der Waals surface area contributed by atoms with Crippen molar-refractivity contribution >= 4 is 22.7 Å². The summed E-state index contributed by atoms with van der Waals surface area (Å²) in [4.78, 5) is 41.2. The first kappa shape index (κ1) is 19.1. The topological polar surface area (TPSA) is 108 Å². The number of hydrogen-bond donors (Lipinski definition) is 3. The molecule has 4 N–H and O–H groups in total. The van der Waals surface area contributed by atoms with Crippen molar-refractivity contribution in [2.24, 2.45) is 11.7 Å². The van der Waals surface area contributed by atoms with Crippen molar-refractivity contribution in [1.29, 1.82) is 0 Å². The number of carbonyl (C=O) groups is 2. The number of para-hydroxylation sites is 1. The van der Waals surface area contributed by atoms with Crippen molar-refractivity contribution in [2.45, 2.75) is 38.8 Å². The first-order valence-corrected chi connectivity index (χ1v) is 9.34. The molecular weight excluding hydrogens is 344 g/mol. The zero-order chi connectivity index (χ0) is 19.6. The number of nitrogens with one attached hydrogen (secondary N) is 2. The van der Waals surface area contributed by atoms with Crippen molar-refractivity contribution in [3.05, 3.63) is 46.2 Å². The SMILES string of the molecule is CC(N)C(=O)N1CCC(C(C)NC(=O)c2cc(=O)[nH]c3ccccc23)CC1. The number of amides is 2. The van der Waals surface area contributed by atoms with E-state index in [0.29, 0.717) is 24.2 Å². The van der Waals surface area contributed by atoms with Crippen molar-refractivity contribution in [1.82, 2.24) is 15.2 Å². The minimum Gasteiger partial charge on any atom is -0.349 e. The summed E-state index contributed by atoms with van der Waals surface area (Å²) in [6.45, 7) is 4.97. The molecule has 1 aromatic heterocycles. The number of carbonyl (C=O) groups excluding carboxylic acids is 2. The summed E-state index contributed by atoms with van der Waals surface area (Å²) in [5.41, 5.74) is 6.40. The Balaban J connectivity index is 1.67. The Morgan fingerprint density at radius 2 is 1.89 bits per heavy atom. The standard InChI is InChI=1S/C20H26N4O3/c1-12(21)20(27)24-9-7-14(8-10-24)13(2)22-19(26)16-11-18(25)23-17-6-4-3-5-15(16)17/h3-6,11-14H,7-10,21H2,1-2H3,(H,22,26)(H,23,25). The number of piperidine rings is 1. The van der Waals surface area contributed by atoms with E-state index >= 15 is 0 Å². The molecule has 0 saturated carbocycles. The minimum atomic E-state index is -0.483. The van der Waals surface area contributed by atoms with E-state index < -0.39 is 6.04 Å². The maximum atomic E-state index is 12.8. The van der Waals surface area contributed by atoms with E-state index in [9.17, 15) is 14.4 Å². The second-order valence-electron chi connectivity index (χ2n) is 7.31. The van der Waals surface area contributed by atoms with Crippen LogP contribution in [0.3, 0.4) is 0 Å². The van der Waals surface area contributed by atoms with Crippen molar-refractivity contribution in [3.63, 3.8) is 0 Å². The summed E-state index contributed by atoms with van der Waals surface area (Å²) < 4.78 is 0. The molecule has 0 aliphatic carbocycles. The second-order valence-corrected chi connectivity index (χ2v) is 7.31. The van der Waals surface area contributed by atoms with Gasteiger partial charge in [0.1, 0.15) is 0 Å². The van der Waals surface area contributed by atoms with E-state index in [4.69, 9.17) is 5.73 Å². The van der Waals surface area contributed by atoms with Gasteiger partial charge in [-0.25, -0.2) is 0 Å². The molecule has 1 aromatic carbocycles. The van der Waals surface area contributed by atoms with E-state index in [1.54, 1.807) is 17.9 Å². The largest absolute Gasteiger partial charge is 0.349 e. The number of aromatic amines is 1. The van der Waals surface area contributed by atoms with Crippen LogP contribution in [0.1, 0.15) is 37.0 Å². The Morgan fingerprint density at radius 3 is 2.56 bits per heavy atom. The fourth-order valence-corrected chi connectivity index (χ4v) is 3.70. The molecule has 2 aromatic rings. The maximum Gasteiger partial charge on any atom is 0.252 e. The molecule has 1 aliphatic heterocycles. The van der Waals surface area contributed by atoms with Crippen LogP contribution < -0.4 is 16.6 Å². The average Bonchev–Trinajstić information content (AvgIpc) is 2.66. The highest BCUT2D eigenvalue weighted by molar-refractivity contribution is 6.06. The van der Waals surface area contributed by atoms with Gasteiger partial charge in [-0.15, -0.1) is 0 Å². The quantitative estimate of drug-likeness (QED) is 0.752. The van der Waals surface area contributed by atoms with Gasteiger partial charge in [0, 0.05) is 36.1 Å². The molecule has 2 heterocycles. The number of rotatable bonds is 4. The predicted molar refractivity (Wildman–Crippen MR) is 104 cm³/mol. The number of H-pyrrole nitrogens is 1. The van der Waals surface area contributed by atoms with Gasteiger partial charge < -0.3 is 20.9 Å². The molecule has 1 aliphatic rings. The first-order valence-electron chi connectivity index (χ1n) is 9.34. The Bertz CT molecular complexity index is 897. The predicted octanol–water partition coefficient (Wildman–Crippen LogP) is 1.23. The molecule has 2 amide bonds. The maximum absolute atomic E-state index is 12.8. The van der Waals surface area contributed by atoms with E-state index in [-0.39, 0.29) is 29.3 Å². The van der Waals surface area contributed by atoms with Crippen LogP contribution in [0.5, 0.6) is 0 Å². The summed E-state index contributed by atoms with van der Waals surface area (Å²) in [5.74, 6) is -0.00153. The highest BCUT2D eigenvalue weighted by Crippen LogP contribution is 2.22. The third-order valence-corrected chi connectivity index (χ3v) is 5.30. The van der Waals surface area contributed by atoms with Gasteiger partial charge in [0.05, 0.1) is 11.6 Å². The summed E-state index contributed by atoms with van der Waals surface area (Å²) in [7, 11) is 0. The summed E-state index contributed by atoms with van der Waals surface area (Å²) in [6, 6.07) is 8.07. The average molecular weight is 370 g/mol. The normalized spacial score (nSPS) is 17.5. The lowest BCUT2D eigenvalue weighted by molar-refractivity contribution is -0.133. The second kappa shape index (κ2) is 7.92. The van der Waals surface area contributed by atoms with E-state index in [2.05, 4.69) is 10.3 Å². The molecule has 0 radical (unpaired) electrons. The molecule has 1 fully saturated rings.